The summed E-state index contributed by atoms with van der Waals surface area (Å²) in [6, 6.07) is 7.94. The SMILES string of the molecule is CC(C)Cn1ncnc1CC(O)C1Cc2ccccc2O1. The molecule has 1 aliphatic rings. The van der Waals surface area contributed by atoms with Crippen LogP contribution in [0.4, 0.5) is 0 Å². The number of rotatable bonds is 5. The van der Waals surface area contributed by atoms with Gasteiger partial charge in [-0.05, 0) is 17.5 Å². The summed E-state index contributed by atoms with van der Waals surface area (Å²) in [6.07, 6.45) is 1.98. The first-order valence-electron chi connectivity index (χ1n) is 7.43. The van der Waals surface area contributed by atoms with Gasteiger partial charge in [0.05, 0.1) is 6.10 Å². The highest BCUT2D eigenvalue weighted by Crippen LogP contribution is 2.30. The van der Waals surface area contributed by atoms with Gasteiger partial charge in [-0.1, -0.05) is 32.0 Å². The minimum absolute atomic E-state index is 0.202. The molecule has 0 spiro atoms. The first-order valence-corrected chi connectivity index (χ1v) is 7.43. The van der Waals surface area contributed by atoms with Gasteiger partial charge >= 0.3 is 0 Å². The van der Waals surface area contributed by atoms with Crippen LogP contribution in [0, 0.1) is 5.92 Å². The lowest BCUT2D eigenvalue weighted by atomic mass is 10.0. The molecule has 112 valence electrons. The molecule has 3 rings (SSSR count). The minimum Gasteiger partial charge on any atom is -0.487 e. The number of nitrogens with zero attached hydrogens (tertiary/aromatic N) is 3. The third kappa shape index (κ3) is 3.08. The average Bonchev–Trinajstić information content (AvgIpc) is 3.05. The number of aliphatic hydroxyl groups is 1. The summed E-state index contributed by atoms with van der Waals surface area (Å²) in [6.45, 7) is 5.09. The third-order valence-corrected chi connectivity index (χ3v) is 3.73. The molecule has 0 amide bonds. The van der Waals surface area contributed by atoms with Gasteiger partial charge in [-0.3, -0.25) is 0 Å². The number of hydrogen-bond acceptors (Lipinski definition) is 4. The molecule has 0 radical (unpaired) electrons. The molecule has 5 heteroatoms. The van der Waals surface area contributed by atoms with E-state index in [2.05, 4.69) is 23.9 Å². The Labute approximate surface area is 124 Å². The number of hydrogen-bond donors (Lipinski definition) is 1. The summed E-state index contributed by atoms with van der Waals surface area (Å²) in [7, 11) is 0. The summed E-state index contributed by atoms with van der Waals surface area (Å²) >= 11 is 0. The first kappa shape index (κ1) is 14.1. The number of para-hydroxylation sites is 1. The van der Waals surface area contributed by atoms with Crippen molar-refractivity contribution in [2.45, 2.75) is 45.4 Å². The number of aliphatic hydroxyl groups excluding tert-OH is 1. The van der Waals surface area contributed by atoms with Crippen LogP contribution >= 0.6 is 0 Å². The predicted molar refractivity (Wildman–Crippen MR) is 79.1 cm³/mol. The quantitative estimate of drug-likeness (QED) is 0.911. The fourth-order valence-corrected chi connectivity index (χ4v) is 2.69. The Morgan fingerprint density at radius 1 is 1.38 bits per heavy atom. The van der Waals surface area contributed by atoms with Crippen molar-refractivity contribution in [3.63, 3.8) is 0 Å². The molecule has 0 saturated carbocycles. The number of fused-ring (bicyclic) bond motifs is 1. The largest absolute Gasteiger partial charge is 0.487 e. The zero-order valence-electron chi connectivity index (χ0n) is 12.4. The van der Waals surface area contributed by atoms with Crippen molar-refractivity contribution in [3.8, 4) is 5.75 Å². The van der Waals surface area contributed by atoms with Gasteiger partial charge in [-0.2, -0.15) is 5.10 Å². The highest BCUT2D eigenvalue weighted by atomic mass is 16.5. The van der Waals surface area contributed by atoms with Crippen molar-refractivity contribution < 1.29 is 9.84 Å². The molecule has 1 aromatic heterocycles. The summed E-state index contributed by atoms with van der Waals surface area (Å²) < 4.78 is 7.70. The van der Waals surface area contributed by atoms with Crippen LogP contribution in [-0.4, -0.2) is 32.1 Å². The van der Waals surface area contributed by atoms with E-state index in [-0.39, 0.29) is 6.10 Å². The van der Waals surface area contributed by atoms with Gasteiger partial charge in [-0.15, -0.1) is 0 Å². The first-order chi connectivity index (χ1) is 10.1. The van der Waals surface area contributed by atoms with Crippen molar-refractivity contribution in [1.29, 1.82) is 0 Å². The Morgan fingerprint density at radius 3 is 2.95 bits per heavy atom. The highest BCUT2D eigenvalue weighted by Gasteiger charge is 2.30. The lowest BCUT2D eigenvalue weighted by Gasteiger charge is -2.18. The summed E-state index contributed by atoms with van der Waals surface area (Å²) in [5.41, 5.74) is 1.16. The molecule has 2 heterocycles. The Morgan fingerprint density at radius 2 is 2.19 bits per heavy atom. The molecule has 0 saturated heterocycles. The second kappa shape index (κ2) is 5.85. The van der Waals surface area contributed by atoms with Gasteiger partial charge in [-0.25, -0.2) is 9.67 Å². The molecular formula is C16H21N3O2. The molecule has 0 fully saturated rings. The van der Waals surface area contributed by atoms with Crippen molar-refractivity contribution in [2.75, 3.05) is 0 Å². The zero-order valence-corrected chi connectivity index (χ0v) is 12.4. The maximum atomic E-state index is 10.4. The fraction of sp³-hybridized carbons (Fsp3) is 0.500. The van der Waals surface area contributed by atoms with Gasteiger partial charge in [0, 0.05) is 19.4 Å². The minimum atomic E-state index is -0.576. The van der Waals surface area contributed by atoms with Crippen molar-refractivity contribution in [2.24, 2.45) is 5.92 Å². The molecule has 21 heavy (non-hydrogen) atoms. The standard InChI is InChI=1S/C16H21N3O2/c1-11(2)9-19-16(17-10-18-19)8-13(20)15-7-12-5-3-4-6-14(12)21-15/h3-6,10-11,13,15,20H,7-9H2,1-2H3. The molecule has 2 unspecified atom stereocenters. The van der Waals surface area contributed by atoms with Gasteiger partial charge in [0.15, 0.2) is 0 Å². The molecule has 1 aliphatic heterocycles. The van der Waals surface area contributed by atoms with Crippen LogP contribution in [0.1, 0.15) is 25.2 Å². The monoisotopic (exact) mass is 287 g/mol. The molecule has 1 aromatic carbocycles. The van der Waals surface area contributed by atoms with Gasteiger partial charge in [0.25, 0.3) is 0 Å². The summed E-state index contributed by atoms with van der Waals surface area (Å²) in [5, 5.41) is 14.7. The van der Waals surface area contributed by atoms with E-state index in [4.69, 9.17) is 4.74 Å². The van der Waals surface area contributed by atoms with Crippen LogP contribution < -0.4 is 4.74 Å². The Balaban J connectivity index is 1.65. The number of ether oxygens (including phenoxy) is 1. The molecule has 0 aliphatic carbocycles. The normalized spacial score (nSPS) is 18.6. The maximum Gasteiger partial charge on any atom is 0.138 e. The molecular weight excluding hydrogens is 266 g/mol. The smallest absolute Gasteiger partial charge is 0.138 e. The van der Waals surface area contributed by atoms with Gasteiger partial charge < -0.3 is 9.84 Å². The molecule has 2 aromatic rings. The predicted octanol–water partition coefficient (Wildman–Crippen LogP) is 1.84. The van der Waals surface area contributed by atoms with E-state index >= 15 is 0 Å². The van der Waals surface area contributed by atoms with Crippen molar-refractivity contribution in [1.82, 2.24) is 14.8 Å². The van der Waals surface area contributed by atoms with Gasteiger partial charge in [0.1, 0.15) is 24.0 Å². The lowest BCUT2D eigenvalue weighted by molar-refractivity contribution is 0.0480. The maximum absolute atomic E-state index is 10.4. The molecule has 0 bridgehead atoms. The molecule has 5 nitrogen and oxygen atoms in total. The van der Waals surface area contributed by atoms with E-state index in [1.165, 1.54) is 0 Å². The molecule has 2 atom stereocenters. The number of aromatic nitrogens is 3. The van der Waals surface area contributed by atoms with E-state index in [0.717, 1.165) is 30.1 Å². The fourth-order valence-electron chi connectivity index (χ4n) is 2.69. The van der Waals surface area contributed by atoms with Crippen LogP contribution in [0.25, 0.3) is 0 Å². The van der Waals surface area contributed by atoms with E-state index < -0.39 is 6.10 Å². The Hall–Kier alpha value is -1.88. The number of benzene rings is 1. The summed E-state index contributed by atoms with van der Waals surface area (Å²) in [5.74, 6) is 2.19. The second-order valence-corrected chi connectivity index (χ2v) is 5.99. The van der Waals surface area contributed by atoms with E-state index in [9.17, 15) is 5.11 Å². The lowest BCUT2D eigenvalue weighted by Crippen LogP contribution is -2.33. The van der Waals surface area contributed by atoms with E-state index in [1.807, 2.05) is 28.9 Å². The van der Waals surface area contributed by atoms with E-state index in [1.54, 1.807) is 6.33 Å². The molecule has 1 N–H and O–H groups in total. The van der Waals surface area contributed by atoms with Crippen molar-refractivity contribution in [3.05, 3.63) is 42.0 Å². The van der Waals surface area contributed by atoms with Crippen molar-refractivity contribution >= 4 is 0 Å². The van der Waals surface area contributed by atoms with Crippen LogP contribution in [0.5, 0.6) is 5.75 Å². The average molecular weight is 287 g/mol. The second-order valence-electron chi connectivity index (χ2n) is 5.99. The highest BCUT2D eigenvalue weighted by molar-refractivity contribution is 5.37. The summed E-state index contributed by atoms with van der Waals surface area (Å²) in [4.78, 5) is 4.27. The van der Waals surface area contributed by atoms with Crippen LogP contribution in [0.3, 0.4) is 0 Å². The van der Waals surface area contributed by atoms with E-state index in [0.29, 0.717) is 12.3 Å². The third-order valence-electron chi connectivity index (χ3n) is 3.73. The van der Waals surface area contributed by atoms with Crippen LogP contribution in [0.15, 0.2) is 30.6 Å². The Bertz CT molecular complexity index is 584. The Kier molecular flexibility index (Phi) is 3.92. The van der Waals surface area contributed by atoms with Crippen LogP contribution in [-0.2, 0) is 19.4 Å². The van der Waals surface area contributed by atoms with Gasteiger partial charge in [0.2, 0.25) is 0 Å². The zero-order chi connectivity index (χ0) is 14.8. The topological polar surface area (TPSA) is 60.2 Å². The van der Waals surface area contributed by atoms with Crippen LogP contribution in [0.2, 0.25) is 0 Å².